The molecule has 0 saturated carbocycles. The van der Waals surface area contributed by atoms with Crippen molar-refractivity contribution in [3.63, 3.8) is 0 Å². The van der Waals surface area contributed by atoms with Gasteiger partial charge in [0.25, 0.3) is 5.91 Å². The summed E-state index contributed by atoms with van der Waals surface area (Å²) in [6, 6.07) is 8.11. The van der Waals surface area contributed by atoms with Crippen molar-refractivity contribution in [1.29, 1.82) is 0 Å². The van der Waals surface area contributed by atoms with Crippen LogP contribution in [0.1, 0.15) is 22.5 Å². The van der Waals surface area contributed by atoms with Gasteiger partial charge in [0.15, 0.2) is 0 Å². The van der Waals surface area contributed by atoms with E-state index >= 15 is 0 Å². The maximum atomic E-state index is 11.7. The van der Waals surface area contributed by atoms with Crippen LogP contribution in [-0.4, -0.2) is 18.4 Å². The van der Waals surface area contributed by atoms with Crippen LogP contribution >= 0.6 is 46.1 Å². The molecular weight excluding hydrogens is 395 g/mol. The summed E-state index contributed by atoms with van der Waals surface area (Å²) in [5.41, 5.74) is 4.66. The van der Waals surface area contributed by atoms with Crippen molar-refractivity contribution in [2.24, 2.45) is 0 Å². The number of nitrogens with one attached hydrogen (secondary N) is 2. The first kappa shape index (κ1) is 18.9. The second-order valence-corrected chi connectivity index (χ2v) is 7.19. The van der Waals surface area contributed by atoms with Crippen molar-refractivity contribution in [1.82, 2.24) is 10.9 Å². The third-order valence-corrected chi connectivity index (χ3v) is 4.57. The molecule has 0 bridgehead atoms. The Hall–Kier alpha value is -1.47. The van der Waals surface area contributed by atoms with E-state index < -0.39 is 5.91 Å². The summed E-state index contributed by atoms with van der Waals surface area (Å²) >= 11 is 18.6. The molecule has 0 aliphatic carbocycles. The number of hydrogen-bond acceptors (Lipinski definition) is 4. The van der Waals surface area contributed by atoms with Gasteiger partial charge in [-0.1, -0.05) is 34.8 Å². The highest BCUT2D eigenvalue weighted by atomic mass is 35.5. The molecule has 0 spiro atoms. The molecule has 2 amide bonds. The lowest BCUT2D eigenvalue weighted by Crippen LogP contribution is -2.41. The van der Waals surface area contributed by atoms with Crippen molar-refractivity contribution < 1.29 is 14.3 Å². The van der Waals surface area contributed by atoms with Crippen molar-refractivity contribution >= 4 is 58.0 Å². The van der Waals surface area contributed by atoms with Gasteiger partial charge in [-0.05, 0) is 36.8 Å². The maximum Gasteiger partial charge on any atom is 0.279 e. The molecule has 24 heavy (non-hydrogen) atoms. The minimum absolute atomic E-state index is 0.191. The number of halogens is 3. The van der Waals surface area contributed by atoms with E-state index in [9.17, 15) is 9.59 Å². The fourth-order valence-corrected chi connectivity index (χ4v) is 3.10. The molecule has 0 aliphatic heterocycles. The van der Waals surface area contributed by atoms with Crippen LogP contribution in [-0.2, 0) is 4.79 Å². The van der Waals surface area contributed by atoms with Gasteiger partial charge in [-0.25, -0.2) is 0 Å². The molecule has 5 nitrogen and oxygen atoms in total. The monoisotopic (exact) mass is 406 g/mol. The van der Waals surface area contributed by atoms with Crippen LogP contribution in [0.25, 0.3) is 0 Å². The highest BCUT2D eigenvalue weighted by molar-refractivity contribution is 7.17. The van der Waals surface area contributed by atoms with Gasteiger partial charge in [-0.3, -0.25) is 20.4 Å². The second kappa shape index (κ2) is 9.13. The Bertz CT molecular complexity index is 737. The first-order valence-electron chi connectivity index (χ1n) is 6.88. The van der Waals surface area contributed by atoms with Crippen molar-refractivity contribution in [2.75, 3.05) is 6.61 Å². The molecule has 2 N–H and O–H groups in total. The Morgan fingerprint density at radius 3 is 2.54 bits per heavy atom. The predicted octanol–water partition coefficient (Wildman–Crippen LogP) is 4.33. The van der Waals surface area contributed by atoms with Crippen molar-refractivity contribution in [3.05, 3.63) is 49.6 Å². The smallest absolute Gasteiger partial charge is 0.279 e. The molecule has 9 heteroatoms. The normalized spacial score (nSPS) is 10.3. The third-order valence-electron chi connectivity index (χ3n) is 2.81. The Balaban J connectivity index is 1.65. The Kier molecular flexibility index (Phi) is 7.17. The van der Waals surface area contributed by atoms with E-state index in [0.29, 0.717) is 38.0 Å². The summed E-state index contributed by atoms with van der Waals surface area (Å²) in [6.45, 7) is 0.309. The first-order valence-corrected chi connectivity index (χ1v) is 8.83. The zero-order valence-corrected chi connectivity index (χ0v) is 15.4. The van der Waals surface area contributed by atoms with Crippen LogP contribution in [0.4, 0.5) is 0 Å². The number of carbonyl (C=O) groups is 2. The van der Waals surface area contributed by atoms with Crippen LogP contribution in [0.5, 0.6) is 5.75 Å². The van der Waals surface area contributed by atoms with Crippen LogP contribution in [0.15, 0.2) is 30.3 Å². The molecule has 0 aliphatic rings. The zero-order valence-electron chi connectivity index (χ0n) is 12.3. The summed E-state index contributed by atoms with van der Waals surface area (Å²) in [5.74, 6) is -0.231. The zero-order chi connectivity index (χ0) is 17.5. The second-order valence-electron chi connectivity index (χ2n) is 4.63. The molecule has 0 unspecified atom stereocenters. The lowest BCUT2D eigenvalue weighted by Gasteiger charge is -2.09. The summed E-state index contributed by atoms with van der Waals surface area (Å²) in [7, 11) is 0. The highest BCUT2D eigenvalue weighted by Gasteiger charge is 2.10. The number of hydrogen-bond donors (Lipinski definition) is 2. The van der Waals surface area contributed by atoms with E-state index in [1.807, 2.05) is 0 Å². The van der Waals surface area contributed by atoms with E-state index in [1.54, 1.807) is 30.3 Å². The van der Waals surface area contributed by atoms with E-state index in [2.05, 4.69) is 10.9 Å². The van der Waals surface area contributed by atoms with Gasteiger partial charge >= 0.3 is 0 Å². The molecule has 2 rings (SSSR count). The Labute approximate surface area is 157 Å². The van der Waals surface area contributed by atoms with Crippen molar-refractivity contribution in [2.45, 2.75) is 12.8 Å². The Morgan fingerprint density at radius 2 is 1.88 bits per heavy atom. The first-order chi connectivity index (χ1) is 11.5. The molecule has 1 aromatic heterocycles. The van der Waals surface area contributed by atoms with E-state index in [1.165, 1.54) is 0 Å². The van der Waals surface area contributed by atoms with Gasteiger partial charge < -0.3 is 4.74 Å². The standard InChI is InChI=1S/C15H13Cl3N2O3S/c16-9-3-4-11(10(17)8-9)23-7-1-2-14(21)19-20-15(22)12-5-6-13(18)24-12/h3-6,8H,1-2,7H2,(H,19,21)(H,20,22). The fraction of sp³-hybridized carbons (Fsp3) is 0.200. The highest BCUT2D eigenvalue weighted by Crippen LogP contribution is 2.27. The van der Waals surface area contributed by atoms with E-state index in [4.69, 9.17) is 39.5 Å². The molecule has 0 atom stereocenters. The van der Waals surface area contributed by atoms with Crippen molar-refractivity contribution in [3.8, 4) is 5.75 Å². The van der Waals surface area contributed by atoms with Gasteiger partial charge in [0, 0.05) is 11.4 Å². The molecular formula is C15H13Cl3N2O3S. The number of ether oxygens (including phenoxy) is 1. The van der Waals surface area contributed by atoms with Crippen LogP contribution in [0.3, 0.4) is 0 Å². The minimum Gasteiger partial charge on any atom is -0.492 e. The van der Waals surface area contributed by atoms with E-state index in [-0.39, 0.29) is 12.3 Å². The molecule has 1 aromatic carbocycles. The van der Waals surface area contributed by atoms with Gasteiger partial charge in [-0.15, -0.1) is 11.3 Å². The maximum absolute atomic E-state index is 11.7. The third kappa shape index (κ3) is 5.87. The molecule has 0 fully saturated rings. The molecule has 0 radical (unpaired) electrons. The number of carbonyl (C=O) groups excluding carboxylic acids is 2. The summed E-state index contributed by atoms with van der Waals surface area (Å²) in [5, 5.41) is 0.934. The number of rotatable bonds is 6. The number of hydrazine groups is 1. The number of thiophene rings is 1. The lowest BCUT2D eigenvalue weighted by atomic mass is 10.3. The average molecular weight is 408 g/mol. The summed E-state index contributed by atoms with van der Waals surface area (Å²) in [4.78, 5) is 23.8. The molecule has 2 aromatic rings. The SMILES string of the molecule is O=C(CCCOc1ccc(Cl)cc1Cl)NNC(=O)c1ccc(Cl)s1. The van der Waals surface area contributed by atoms with Gasteiger partial charge in [0.2, 0.25) is 5.91 Å². The molecule has 0 saturated heterocycles. The predicted molar refractivity (Wildman–Crippen MR) is 96.1 cm³/mol. The van der Waals surface area contributed by atoms with Crippen LogP contribution < -0.4 is 15.6 Å². The fourth-order valence-electron chi connectivity index (χ4n) is 1.69. The summed E-state index contributed by atoms with van der Waals surface area (Å²) < 4.78 is 5.97. The van der Waals surface area contributed by atoms with Gasteiger partial charge in [0.1, 0.15) is 5.75 Å². The number of benzene rings is 1. The van der Waals surface area contributed by atoms with Crippen LogP contribution in [0, 0.1) is 0 Å². The largest absolute Gasteiger partial charge is 0.492 e. The van der Waals surface area contributed by atoms with Crippen LogP contribution in [0.2, 0.25) is 14.4 Å². The quantitative estimate of drug-likeness (QED) is 0.553. The molecule has 128 valence electrons. The molecule has 1 heterocycles. The Morgan fingerprint density at radius 1 is 1.08 bits per heavy atom. The summed E-state index contributed by atoms with van der Waals surface area (Å²) in [6.07, 6.45) is 0.655. The van der Waals surface area contributed by atoms with E-state index in [0.717, 1.165) is 11.3 Å². The average Bonchev–Trinajstić information content (AvgIpc) is 2.97. The minimum atomic E-state index is -0.413. The lowest BCUT2D eigenvalue weighted by molar-refractivity contribution is -0.122. The van der Waals surface area contributed by atoms with Gasteiger partial charge in [0.05, 0.1) is 20.8 Å². The topological polar surface area (TPSA) is 67.4 Å². The number of amides is 2. The van der Waals surface area contributed by atoms with Gasteiger partial charge in [-0.2, -0.15) is 0 Å².